The smallest absolute Gasteiger partial charge is 0.257 e. The maximum atomic E-state index is 12.5. The van der Waals surface area contributed by atoms with E-state index in [-0.39, 0.29) is 24.1 Å². The average molecular weight is 313 g/mol. The third-order valence-electron chi connectivity index (χ3n) is 3.36. The number of amides is 1. The number of aliphatic hydroxyl groups excluding tert-OH is 1. The van der Waals surface area contributed by atoms with Gasteiger partial charge in [0, 0.05) is 24.1 Å². The third-order valence-corrected chi connectivity index (χ3v) is 4.16. The maximum Gasteiger partial charge on any atom is 0.257 e. The molecule has 1 N–H and O–H groups in total. The van der Waals surface area contributed by atoms with E-state index in [0.717, 1.165) is 0 Å². The standard InChI is InChI=1S/C14H14Cl2N2O2/c1-14(2,7-19)6-18-10(5-17)8-3-4-9(15)12(16)11(8)13(18)20/h3-4,10,19H,6-7H2,1-2H3. The van der Waals surface area contributed by atoms with E-state index in [0.29, 0.717) is 16.1 Å². The Morgan fingerprint density at radius 3 is 2.65 bits per heavy atom. The molecule has 106 valence electrons. The molecular weight excluding hydrogens is 299 g/mol. The van der Waals surface area contributed by atoms with E-state index in [9.17, 15) is 15.2 Å². The maximum absolute atomic E-state index is 12.5. The molecule has 0 saturated heterocycles. The molecule has 6 heteroatoms. The largest absolute Gasteiger partial charge is 0.396 e. The topological polar surface area (TPSA) is 64.3 Å². The molecule has 20 heavy (non-hydrogen) atoms. The molecule has 1 amide bonds. The number of aliphatic hydroxyl groups is 1. The molecule has 0 spiro atoms. The Kier molecular flexibility index (Phi) is 3.97. The van der Waals surface area contributed by atoms with Gasteiger partial charge in [-0.1, -0.05) is 43.1 Å². The van der Waals surface area contributed by atoms with Crippen LogP contribution in [0.15, 0.2) is 12.1 Å². The molecular formula is C14H14Cl2N2O2. The molecule has 0 fully saturated rings. The number of rotatable bonds is 3. The lowest BCUT2D eigenvalue weighted by Crippen LogP contribution is -2.38. The minimum absolute atomic E-state index is 0.0836. The van der Waals surface area contributed by atoms with Gasteiger partial charge in [0.2, 0.25) is 0 Å². The number of benzene rings is 1. The summed E-state index contributed by atoms with van der Waals surface area (Å²) in [6, 6.07) is 4.66. The van der Waals surface area contributed by atoms with Gasteiger partial charge in [0.1, 0.15) is 6.04 Å². The number of carbonyl (C=O) groups is 1. The van der Waals surface area contributed by atoms with Gasteiger partial charge in [-0.15, -0.1) is 0 Å². The second kappa shape index (κ2) is 5.25. The number of hydrogen-bond acceptors (Lipinski definition) is 3. The third kappa shape index (κ3) is 2.37. The first kappa shape index (κ1) is 15.1. The fourth-order valence-corrected chi connectivity index (χ4v) is 2.66. The summed E-state index contributed by atoms with van der Waals surface area (Å²) in [6.45, 7) is 3.83. The van der Waals surface area contributed by atoms with Crippen molar-refractivity contribution >= 4 is 29.1 Å². The number of halogens is 2. The first-order chi connectivity index (χ1) is 9.32. The van der Waals surface area contributed by atoms with Crippen molar-refractivity contribution < 1.29 is 9.90 Å². The van der Waals surface area contributed by atoms with Gasteiger partial charge in [0.15, 0.2) is 0 Å². The van der Waals surface area contributed by atoms with Crippen LogP contribution in [0.1, 0.15) is 35.8 Å². The molecule has 4 nitrogen and oxygen atoms in total. The minimum Gasteiger partial charge on any atom is -0.396 e. The van der Waals surface area contributed by atoms with E-state index in [2.05, 4.69) is 6.07 Å². The molecule has 0 aliphatic carbocycles. The first-order valence-electron chi connectivity index (χ1n) is 6.12. The first-order valence-corrected chi connectivity index (χ1v) is 6.87. The van der Waals surface area contributed by atoms with Crippen LogP contribution in [-0.4, -0.2) is 29.1 Å². The average Bonchev–Trinajstić information content (AvgIpc) is 2.67. The Morgan fingerprint density at radius 1 is 1.45 bits per heavy atom. The van der Waals surface area contributed by atoms with Crippen LogP contribution in [0.4, 0.5) is 0 Å². The highest BCUT2D eigenvalue weighted by Crippen LogP contribution is 2.41. The van der Waals surface area contributed by atoms with Gasteiger partial charge in [-0.25, -0.2) is 0 Å². The summed E-state index contributed by atoms with van der Waals surface area (Å²) in [6.07, 6.45) is 0. The van der Waals surface area contributed by atoms with Crippen molar-refractivity contribution in [2.45, 2.75) is 19.9 Å². The van der Waals surface area contributed by atoms with Crippen LogP contribution < -0.4 is 0 Å². The molecule has 0 radical (unpaired) electrons. The van der Waals surface area contributed by atoms with Gasteiger partial charge in [0.05, 0.1) is 21.7 Å². The van der Waals surface area contributed by atoms with Crippen LogP contribution >= 0.6 is 23.2 Å². The summed E-state index contributed by atoms with van der Waals surface area (Å²) in [5.41, 5.74) is 0.364. The summed E-state index contributed by atoms with van der Waals surface area (Å²) in [5, 5.41) is 19.2. The van der Waals surface area contributed by atoms with E-state index in [1.54, 1.807) is 12.1 Å². The fraction of sp³-hybridized carbons (Fsp3) is 0.429. The lowest BCUT2D eigenvalue weighted by atomic mass is 9.93. The van der Waals surface area contributed by atoms with Crippen molar-refractivity contribution in [3.63, 3.8) is 0 Å². The van der Waals surface area contributed by atoms with Gasteiger partial charge in [-0.2, -0.15) is 5.26 Å². The van der Waals surface area contributed by atoms with Crippen LogP contribution in [0.2, 0.25) is 10.0 Å². The Morgan fingerprint density at radius 2 is 2.10 bits per heavy atom. The van der Waals surface area contributed by atoms with Crippen molar-refractivity contribution in [3.8, 4) is 6.07 Å². The normalized spacial score (nSPS) is 18.1. The lowest BCUT2D eigenvalue weighted by Gasteiger charge is -2.30. The number of hydrogen-bond donors (Lipinski definition) is 1. The molecule has 0 bridgehead atoms. The van der Waals surface area contributed by atoms with Crippen LogP contribution in [0, 0.1) is 16.7 Å². The molecule has 1 heterocycles. The van der Waals surface area contributed by atoms with Gasteiger partial charge in [-0.05, 0) is 6.07 Å². The van der Waals surface area contributed by atoms with Crippen molar-refractivity contribution in [2.24, 2.45) is 5.41 Å². The monoisotopic (exact) mass is 312 g/mol. The number of fused-ring (bicyclic) bond motifs is 1. The van der Waals surface area contributed by atoms with Gasteiger partial charge < -0.3 is 10.0 Å². The van der Waals surface area contributed by atoms with Crippen molar-refractivity contribution in [2.75, 3.05) is 13.2 Å². The molecule has 1 aromatic rings. The number of nitrogens with zero attached hydrogens (tertiary/aromatic N) is 2. The summed E-state index contributed by atoms with van der Waals surface area (Å²) >= 11 is 12.0. The lowest BCUT2D eigenvalue weighted by molar-refractivity contribution is 0.0591. The van der Waals surface area contributed by atoms with Crippen LogP contribution in [0.3, 0.4) is 0 Å². The summed E-state index contributed by atoms with van der Waals surface area (Å²) in [4.78, 5) is 13.9. The zero-order valence-electron chi connectivity index (χ0n) is 11.2. The SMILES string of the molecule is CC(C)(CO)CN1C(=O)c2c(ccc(Cl)c2Cl)C1C#N. The molecule has 1 aliphatic heterocycles. The highest BCUT2D eigenvalue weighted by atomic mass is 35.5. The second-order valence-corrected chi connectivity index (χ2v) is 6.40. The Labute approximate surface area is 127 Å². The highest BCUT2D eigenvalue weighted by Gasteiger charge is 2.41. The van der Waals surface area contributed by atoms with Gasteiger partial charge in [0.25, 0.3) is 5.91 Å². The van der Waals surface area contributed by atoms with E-state index in [4.69, 9.17) is 23.2 Å². The summed E-state index contributed by atoms with van der Waals surface area (Å²) < 4.78 is 0. The van der Waals surface area contributed by atoms with Crippen molar-refractivity contribution in [1.29, 1.82) is 5.26 Å². The number of nitriles is 1. The predicted octanol–water partition coefficient (Wildman–Crippen LogP) is 3.03. The molecule has 1 aliphatic rings. The second-order valence-electron chi connectivity index (χ2n) is 5.61. The Balaban J connectivity index is 2.48. The van der Waals surface area contributed by atoms with E-state index >= 15 is 0 Å². The summed E-state index contributed by atoms with van der Waals surface area (Å²) in [7, 11) is 0. The highest BCUT2D eigenvalue weighted by molar-refractivity contribution is 6.44. The summed E-state index contributed by atoms with van der Waals surface area (Å²) in [5.74, 6) is -0.319. The van der Waals surface area contributed by atoms with Gasteiger partial charge in [-0.3, -0.25) is 4.79 Å². The van der Waals surface area contributed by atoms with Gasteiger partial charge >= 0.3 is 0 Å². The van der Waals surface area contributed by atoms with E-state index in [1.807, 2.05) is 13.8 Å². The van der Waals surface area contributed by atoms with Crippen LogP contribution in [-0.2, 0) is 0 Å². The Bertz CT molecular complexity index is 608. The van der Waals surface area contributed by atoms with Crippen LogP contribution in [0.5, 0.6) is 0 Å². The van der Waals surface area contributed by atoms with Crippen LogP contribution in [0.25, 0.3) is 0 Å². The molecule has 1 atom stereocenters. The van der Waals surface area contributed by atoms with Crippen molar-refractivity contribution in [3.05, 3.63) is 33.3 Å². The molecule has 1 unspecified atom stereocenters. The molecule has 0 saturated carbocycles. The zero-order valence-corrected chi connectivity index (χ0v) is 12.7. The zero-order chi connectivity index (χ0) is 15.1. The molecule has 2 rings (SSSR count). The molecule has 1 aromatic carbocycles. The molecule has 0 aromatic heterocycles. The Hall–Kier alpha value is -1.28. The van der Waals surface area contributed by atoms with Crippen molar-refractivity contribution in [1.82, 2.24) is 4.90 Å². The predicted molar refractivity (Wildman–Crippen MR) is 76.7 cm³/mol. The van der Waals surface area contributed by atoms with E-state index < -0.39 is 11.5 Å². The minimum atomic E-state index is -0.696. The van der Waals surface area contributed by atoms with E-state index in [1.165, 1.54) is 4.90 Å². The number of carbonyl (C=O) groups excluding carboxylic acids is 1. The fourth-order valence-electron chi connectivity index (χ4n) is 2.25. The quantitative estimate of drug-likeness (QED) is 0.933.